The third kappa shape index (κ3) is 9.53. The Balaban J connectivity index is 2.45. The zero-order chi connectivity index (χ0) is 17.9. The van der Waals surface area contributed by atoms with Gasteiger partial charge in [0.25, 0.3) is 0 Å². The lowest BCUT2D eigenvalue weighted by molar-refractivity contribution is -0.138. The van der Waals surface area contributed by atoms with E-state index in [4.69, 9.17) is 15.3 Å². The highest BCUT2D eigenvalue weighted by molar-refractivity contribution is 5.67. The van der Waals surface area contributed by atoms with Gasteiger partial charge >= 0.3 is 17.9 Å². The summed E-state index contributed by atoms with van der Waals surface area (Å²) in [6, 6.07) is 0. The molecule has 0 aromatic rings. The van der Waals surface area contributed by atoms with E-state index in [-0.39, 0.29) is 19.3 Å². The van der Waals surface area contributed by atoms with Gasteiger partial charge in [0.2, 0.25) is 0 Å². The Kier molecular flexibility index (Phi) is 9.42. The summed E-state index contributed by atoms with van der Waals surface area (Å²) in [6.07, 6.45) is 9.37. The summed E-state index contributed by atoms with van der Waals surface area (Å²) < 4.78 is 0. The van der Waals surface area contributed by atoms with E-state index in [0.717, 1.165) is 32.1 Å². The summed E-state index contributed by atoms with van der Waals surface area (Å²) in [6.45, 7) is 0. The first-order chi connectivity index (χ1) is 11.4. The van der Waals surface area contributed by atoms with Gasteiger partial charge in [-0.15, -0.1) is 0 Å². The number of hydrogen-bond acceptors (Lipinski definition) is 3. The average Bonchev–Trinajstić information content (AvgIpc) is 2.46. The Hall–Kier alpha value is -1.59. The molecule has 0 spiro atoms. The van der Waals surface area contributed by atoms with E-state index in [2.05, 4.69) is 6.42 Å². The Morgan fingerprint density at radius 3 is 1.46 bits per heavy atom. The van der Waals surface area contributed by atoms with E-state index in [1.54, 1.807) is 0 Å². The van der Waals surface area contributed by atoms with Crippen LogP contribution in [-0.2, 0) is 14.4 Å². The fourth-order valence-corrected chi connectivity index (χ4v) is 3.73. The standard InChI is InChI=1S/C18H29O6/c19-16(20)7-1-4-13-10-14(5-2-8-17(21)22)12-15(11-13)6-3-9-18(23)24/h10,13-15H,1-9,11-12H2,(H,19,20)(H,21,22)(H,23,24). The second-order valence-electron chi connectivity index (χ2n) is 6.91. The van der Waals surface area contributed by atoms with Crippen molar-refractivity contribution in [2.45, 2.75) is 70.6 Å². The van der Waals surface area contributed by atoms with Gasteiger partial charge in [-0.1, -0.05) is 0 Å². The number of hydrogen-bond donors (Lipinski definition) is 3. The molecule has 0 bridgehead atoms. The van der Waals surface area contributed by atoms with E-state index in [9.17, 15) is 14.4 Å². The SMILES string of the molecule is O=C(O)CCCC1[CH]C(CCCC(=O)O)CC(CCCC(=O)O)C1. The highest BCUT2D eigenvalue weighted by Crippen LogP contribution is 2.39. The maximum Gasteiger partial charge on any atom is 0.303 e. The molecule has 0 aliphatic heterocycles. The number of rotatable bonds is 12. The summed E-state index contributed by atoms with van der Waals surface area (Å²) in [7, 11) is 0. The number of carboxylic acid groups (broad SMARTS) is 3. The van der Waals surface area contributed by atoms with Crippen molar-refractivity contribution in [1.82, 2.24) is 0 Å². The Morgan fingerprint density at radius 1 is 0.708 bits per heavy atom. The highest BCUT2D eigenvalue weighted by Gasteiger charge is 2.28. The second-order valence-corrected chi connectivity index (χ2v) is 6.91. The third-order valence-corrected chi connectivity index (χ3v) is 4.75. The summed E-state index contributed by atoms with van der Waals surface area (Å²) >= 11 is 0. The molecule has 1 aliphatic carbocycles. The minimum atomic E-state index is -0.776. The van der Waals surface area contributed by atoms with Crippen molar-refractivity contribution in [2.24, 2.45) is 17.8 Å². The van der Waals surface area contributed by atoms with Crippen LogP contribution in [0.1, 0.15) is 70.6 Å². The van der Waals surface area contributed by atoms with Gasteiger partial charge in [0, 0.05) is 19.3 Å². The molecule has 0 amide bonds. The first-order valence-corrected chi connectivity index (χ1v) is 8.87. The normalized spacial score (nSPS) is 23.8. The minimum Gasteiger partial charge on any atom is -0.481 e. The molecule has 1 fully saturated rings. The van der Waals surface area contributed by atoms with Crippen molar-refractivity contribution in [1.29, 1.82) is 0 Å². The van der Waals surface area contributed by atoms with Crippen molar-refractivity contribution >= 4 is 17.9 Å². The van der Waals surface area contributed by atoms with Crippen molar-refractivity contribution < 1.29 is 29.7 Å². The monoisotopic (exact) mass is 341 g/mol. The van der Waals surface area contributed by atoms with Crippen molar-refractivity contribution in [2.75, 3.05) is 0 Å². The molecule has 6 heteroatoms. The first kappa shape index (κ1) is 20.5. The van der Waals surface area contributed by atoms with Crippen LogP contribution in [0.2, 0.25) is 0 Å². The topological polar surface area (TPSA) is 112 Å². The van der Waals surface area contributed by atoms with E-state index >= 15 is 0 Å². The fraction of sp³-hybridized carbons (Fsp3) is 0.778. The molecule has 137 valence electrons. The van der Waals surface area contributed by atoms with Gasteiger partial charge in [0.15, 0.2) is 0 Å². The van der Waals surface area contributed by atoms with E-state index in [1.165, 1.54) is 0 Å². The van der Waals surface area contributed by atoms with Crippen LogP contribution in [0, 0.1) is 24.2 Å². The lowest BCUT2D eigenvalue weighted by atomic mass is 9.70. The van der Waals surface area contributed by atoms with Gasteiger partial charge in [-0.05, 0) is 75.5 Å². The predicted molar refractivity (Wildman–Crippen MR) is 88.5 cm³/mol. The van der Waals surface area contributed by atoms with Crippen molar-refractivity contribution in [3.05, 3.63) is 6.42 Å². The molecule has 2 atom stereocenters. The Morgan fingerprint density at radius 2 is 1.08 bits per heavy atom. The summed E-state index contributed by atoms with van der Waals surface area (Å²) in [4.78, 5) is 32.0. The lowest BCUT2D eigenvalue weighted by Crippen LogP contribution is -2.24. The summed E-state index contributed by atoms with van der Waals surface area (Å²) in [5.74, 6) is -1.14. The molecule has 0 aromatic carbocycles. The van der Waals surface area contributed by atoms with Crippen LogP contribution in [0.3, 0.4) is 0 Å². The Labute approximate surface area is 143 Å². The molecule has 0 aromatic heterocycles. The molecule has 24 heavy (non-hydrogen) atoms. The van der Waals surface area contributed by atoms with Gasteiger partial charge in [-0.25, -0.2) is 0 Å². The van der Waals surface area contributed by atoms with Crippen LogP contribution >= 0.6 is 0 Å². The highest BCUT2D eigenvalue weighted by atomic mass is 16.4. The third-order valence-electron chi connectivity index (χ3n) is 4.75. The van der Waals surface area contributed by atoms with Crippen LogP contribution in [0.25, 0.3) is 0 Å². The van der Waals surface area contributed by atoms with Gasteiger partial charge in [-0.2, -0.15) is 0 Å². The smallest absolute Gasteiger partial charge is 0.303 e. The zero-order valence-corrected chi connectivity index (χ0v) is 14.2. The molecule has 3 N–H and O–H groups in total. The maximum absolute atomic E-state index is 10.7. The average molecular weight is 341 g/mol. The van der Waals surface area contributed by atoms with Crippen molar-refractivity contribution in [3.63, 3.8) is 0 Å². The summed E-state index contributed by atoms with van der Waals surface area (Å²) in [5, 5.41) is 26.3. The second kappa shape index (κ2) is 11.0. The van der Waals surface area contributed by atoms with Crippen LogP contribution in [0.15, 0.2) is 0 Å². The van der Waals surface area contributed by atoms with E-state index in [1.807, 2.05) is 0 Å². The fourth-order valence-electron chi connectivity index (χ4n) is 3.73. The molecule has 0 saturated heterocycles. The molecule has 1 radical (unpaired) electrons. The van der Waals surface area contributed by atoms with Crippen LogP contribution in [-0.4, -0.2) is 33.2 Å². The van der Waals surface area contributed by atoms with Crippen LogP contribution < -0.4 is 0 Å². The van der Waals surface area contributed by atoms with Crippen LogP contribution in [0.4, 0.5) is 0 Å². The number of aliphatic carboxylic acids is 3. The quantitative estimate of drug-likeness (QED) is 0.500. The van der Waals surface area contributed by atoms with Gasteiger partial charge in [0.05, 0.1) is 0 Å². The van der Waals surface area contributed by atoms with Gasteiger partial charge in [-0.3, -0.25) is 14.4 Å². The Bertz CT molecular complexity index is 352. The molecule has 1 saturated carbocycles. The maximum atomic E-state index is 10.7. The summed E-state index contributed by atoms with van der Waals surface area (Å²) in [5.41, 5.74) is 0. The molecule has 2 unspecified atom stereocenters. The predicted octanol–water partition coefficient (Wildman–Crippen LogP) is 3.60. The first-order valence-electron chi connectivity index (χ1n) is 8.87. The van der Waals surface area contributed by atoms with E-state index in [0.29, 0.717) is 37.0 Å². The van der Waals surface area contributed by atoms with E-state index < -0.39 is 17.9 Å². The van der Waals surface area contributed by atoms with Gasteiger partial charge in [0.1, 0.15) is 0 Å². The van der Waals surface area contributed by atoms with Gasteiger partial charge < -0.3 is 15.3 Å². The van der Waals surface area contributed by atoms with Crippen molar-refractivity contribution in [3.8, 4) is 0 Å². The lowest BCUT2D eigenvalue weighted by Gasteiger charge is -2.35. The molecule has 1 aliphatic rings. The molecular weight excluding hydrogens is 312 g/mol. The molecule has 1 rings (SSSR count). The minimum absolute atomic E-state index is 0.178. The van der Waals surface area contributed by atoms with Crippen LogP contribution in [0.5, 0.6) is 0 Å². The molecule has 0 heterocycles. The number of carboxylic acids is 3. The zero-order valence-electron chi connectivity index (χ0n) is 14.2. The molecular formula is C18H29O6. The number of carbonyl (C=O) groups is 3. The largest absolute Gasteiger partial charge is 0.481 e. The molecule has 6 nitrogen and oxygen atoms in total.